The van der Waals surface area contributed by atoms with E-state index in [9.17, 15) is 9.18 Å². The maximum Gasteiger partial charge on any atom is 0.171 e. The molecule has 82 valence electrons. The Morgan fingerprint density at radius 2 is 2.25 bits per heavy atom. The van der Waals surface area contributed by atoms with Gasteiger partial charge >= 0.3 is 0 Å². The highest BCUT2D eigenvalue weighted by Crippen LogP contribution is 2.22. The van der Waals surface area contributed by atoms with Crippen LogP contribution in [-0.4, -0.2) is 21.3 Å². The van der Waals surface area contributed by atoms with Crippen LogP contribution in [0.25, 0.3) is 5.69 Å². The van der Waals surface area contributed by atoms with E-state index in [0.29, 0.717) is 10.8 Å². The summed E-state index contributed by atoms with van der Waals surface area (Å²) in [4.78, 5) is 10.4. The van der Waals surface area contributed by atoms with E-state index < -0.39 is 5.82 Å². The number of carbonyl (C=O) groups is 1. The minimum atomic E-state index is -0.431. The summed E-state index contributed by atoms with van der Waals surface area (Å²) in [5, 5.41) is 7.24. The van der Waals surface area contributed by atoms with Crippen molar-refractivity contribution >= 4 is 22.2 Å². The third-order valence-corrected chi connectivity index (χ3v) is 2.96. The van der Waals surface area contributed by atoms with E-state index in [1.165, 1.54) is 16.9 Å². The Labute approximate surface area is 99.2 Å². The molecule has 0 aliphatic carbocycles. The van der Waals surface area contributed by atoms with Gasteiger partial charge in [0.1, 0.15) is 17.2 Å². The van der Waals surface area contributed by atoms with E-state index in [1.807, 2.05) is 6.92 Å². The fourth-order valence-electron chi connectivity index (χ4n) is 1.27. The third kappa shape index (κ3) is 1.88. The molecule has 0 saturated heterocycles. The van der Waals surface area contributed by atoms with Crippen LogP contribution in [0.1, 0.15) is 16.1 Å². The number of hydrogen-bond acceptors (Lipinski definition) is 3. The van der Waals surface area contributed by atoms with Crippen molar-refractivity contribution in [1.82, 2.24) is 15.0 Å². The summed E-state index contributed by atoms with van der Waals surface area (Å²) >= 11 is 3.23. The van der Waals surface area contributed by atoms with E-state index in [4.69, 9.17) is 0 Å². The number of aromatic nitrogens is 3. The summed E-state index contributed by atoms with van der Waals surface area (Å²) in [6, 6.07) is 2.98. The second-order valence-electron chi connectivity index (χ2n) is 3.26. The van der Waals surface area contributed by atoms with Gasteiger partial charge in [0.15, 0.2) is 6.29 Å². The lowest BCUT2D eigenvalue weighted by atomic mass is 10.2. The number of rotatable bonds is 2. The minimum Gasteiger partial charge on any atom is -0.296 e. The molecule has 0 fully saturated rings. The Morgan fingerprint density at radius 1 is 1.50 bits per heavy atom. The van der Waals surface area contributed by atoms with Crippen molar-refractivity contribution in [3.05, 3.63) is 39.9 Å². The van der Waals surface area contributed by atoms with Crippen molar-refractivity contribution in [3.8, 4) is 5.69 Å². The number of nitrogens with zero attached hydrogens (tertiary/aromatic N) is 3. The Kier molecular flexibility index (Phi) is 2.82. The molecule has 0 radical (unpaired) electrons. The van der Waals surface area contributed by atoms with Crippen molar-refractivity contribution in [3.63, 3.8) is 0 Å². The molecule has 1 heterocycles. The van der Waals surface area contributed by atoms with E-state index in [1.54, 1.807) is 6.07 Å². The van der Waals surface area contributed by atoms with Gasteiger partial charge in [-0.05, 0) is 24.6 Å². The van der Waals surface area contributed by atoms with Crippen molar-refractivity contribution in [2.45, 2.75) is 6.92 Å². The lowest BCUT2D eigenvalue weighted by Gasteiger charge is -2.05. The molecule has 1 aromatic heterocycles. The fraction of sp³-hybridized carbons (Fsp3) is 0.100. The van der Waals surface area contributed by atoms with Crippen LogP contribution >= 0.6 is 15.9 Å². The van der Waals surface area contributed by atoms with E-state index in [-0.39, 0.29) is 11.4 Å². The molecular formula is C10H7BrFN3O. The molecular weight excluding hydrogens is 277 g/mol. The second kappa shape index (κ2) is 4.13. The molecule has 2 aromatic rings. The molecule has 0 unspecified atom stereocenters. The van der Waals surface area contributed by atoms with Crippen LogP contribution < -0.4 is 0 Å². The molecule has 0 atom stereocenters. The molecule has 1 aromatic carbocycles. The average Bonchev–Trinajstić information content (AvgIpc) is 2.71. The predicted octanol–water partition coefficient (Wildman–Crippen LogP) is 2.29. The first kappa shape index (κ1) is 10.9. The number of aldehydes is 1. The first-order chi connectivity index (χ1) is 7.61. The molecule has 0 bridgehead atoms. The third-order valence-electron chi connectivity index (χ3n) is 2.11. The van der Waals surface area contributed by atoms with Crippen LogP contribution in [-0.2, 0) is 0 Å². The number of halogens is 2. The van der Waals surface area contributed by atoms with E-state index in [0.717, 1.165) is 5.56 Å². The van der Waals surface area contributed by atoms with E-state index in [2.05, 4.69) is 26.2 Å². The number of carbonyl (C=O) groups excluding carboxylic acids is 1. The molecule has 6 heteroatoms. The van der Waals surface area contributed by atoms with Gasteiger partial charge in [-0.3, -0.25) is 4.79 Å². The Balaban J connectivity index is 2.55. The van der Waals surface area contributed by atoms with Gasteiger partial charge in [-0.2, -0.15) is 0 Å². The van der Waals surface area contributed by atoms with Crippen molar-refractivity contribution in [2.75, 3.05) is 0 Å². The standard InChI is InChI=1S/C10H7BrFN3O/c1-6-2-10(9(12)3-8(6)11)15-4-7(5-16)13-14-15/h2-5H,1H3. The fourth-order valence-corrected chi connectivity index (χ4v) is 1.58. The Morgan fingerprint density at radius 3 is 2.88 bits per heavy atom. The molecule has 0 N–H and O–H groups in total. The van der Waals surface area contributed by atoms with Gasteiger partial charge in [0.2, 0.25) is 0 Å². The summed E-state index contributed by atoms with van der Waals surface area (Å²) in [6.07, 6.45) is 1.94. The highest BCUT2D eigenvalue weighted by atomic mass is 79.9. The summed E-state index contributed by atoms with van der Waals surface area (Å²) in [5.74, 6) is -0.431. The topological polar surface area (TPSA) is 47.8 Å². The maximum atomic E-state index is 13.6. The average molecular weight is 284 g/mol. The number of aryl methyl sites for hydroxylation is 1. The lowest BCUT2D eigenvalue weighted by Crippen LogP contribution is -1.99. The minimum absolute atomic E-state index is 0.167. The molecule has 4 nitrogen and oxygen atoms in total. The van der Waals surface area contributed by atoms with Crippen LogP contribution in [0, 0.1) is 12.7 Å². The van der Waals surface area contributed by atoms with Crippen LogP contribution in [0.15, 0.2) is 22.8 Å². The zero-order valence-electron chi connectivity index (χ0n) is 8.32. The van der Waals surface area contributed by atoms with Crippen molar-refractivity contribution in [2.24, 2.45) is 0 Å². The first-order valence-electron chi connectivity index (χ1n) is 4.45. The first-order valence-corrected chi connectivity index (χ1v) is 5.24. The number of benzene rings is 1. The van der Waals surface area contributed by atoms with Crippen LogP contribution in [0.4, 0.5) is 4.39 Å². The maximum absolute atomic E-state index is 13.6. The van der Waals surface area contributed by atoms with E-state index >= 15 is 0 Å². The highest BCUT2D eigenvalue weighted by molar-refractivity contribution is 9.10. The summed E-state index contributed by atoms with van der Waals surface area (Å²) in [5.41, 5.74) is 1.31. The Bertz CT molecular complexity index is 553. The molecule has 0 saturated carbocycles. The van der Waals surface area contributed by atoms with Gasteiger partial charge in [-0.1, -0.05) is 21.1 Å². The van der Waals surface area contributed by atoms with Crippen LogP contribution in [0.5, 0.6) is 0 Å². The van der Waals surface area contributed by atoms with Gasteiger partial charge in [0.05, 0.1) is 6.20 Å². The highest BCUT2D eigenvalue weighted by Gasteiger charge is 2.09. The molecule has 16 heavy (non-hydrogen) atoms. The zero-order valence-corrected chi connectivity index (χ0v) is 9.90. The normalized spacial score (nSPS) is 10.4. The lowest BCUT2D eigenvalue weighted by molar-refractivity contribution is 0.111. The van der Waals surface area contributed by atoms with Gasteiger partial charge < -0.3 is 0 Å². The van der Waals surface area contributed by atoms with Gasteiger partial charge in [-0.25, -0.2) is 9.07 Å². The second-order valence-corrected chi connectivity index (χ2v) is 4.11. The molecule has 0 aliphatic rings. The Hall–Kier alpha value is -1.56. The molecule has 0 amide bonds. The monoisotopic (exact) mass is 283 g/mol. The van der Waals surface area contributed by atoms with Gasteiger partial charge in [0.25, 0.3) is 0 Å². The van der Waals surface area contributed by atoms with Gasteiger partial charge in [-0.15, -0.1) is 5.10 Å². The smallest absolute Gasteiger partial charge is 0.171 e. The molecule has 0 aliphatic heterocycles. The van der Waals surface area contributed by atoms with Crippen molar-refractivity contribution < 1.29 is 9.18 Å². The number of hydrogen-bond donors (Lipinski definition) is 0. The summed E-state index contributed by atoms with van der Waals surface area (Å²) < 4.78 is 15.5. The predicted molar refractivity (Wildman–Crippen MR) is 59.1 cm³/mol. The summed E-state index contributed by atoms with van der Waals surface area (Å²) in [7, 11) is 0. The molecule has 0 spiro atoms. The van der Waals surface area contributed by atoms with Crippen LogP contribution in [0.3, 0.4) is 0 Å². The zero-order chi connectivity index (χ0) is 11.7. The largest absolute Gasteiger partial charge is 0.296 e. The van der Waals surface area contributed by atoms with Crippen LogP contribution in [0.2, 0.25) is 0 Å². The summed E-state index contributed by atoms with van der Waals surface area (Å²) in [6.45, 7) is 1.84. The quantitative estimate of drug-likeness (QED) is 0.795. The molecule has 2 rings (SSSR count). The van der Waals surface area contributed by atoms with Crippen molar-refractivity contribution in [1.29, 1.82) is 0 Å². The SMILES string of the molecule is Cc1cc(-n2cc(C=O)nn2)c(F)cc1Br. The van der Waals surface area contributed by atoms with Gasteiger partial charge in [0, 0.05) is 4.47 Å².